The Balaban J connectivity index is 2.01. The van der Waals surface area contributed by atoms with Gasteiger partial charge in [-0.2, -0.15) is 0 Å². The lowest BCUT2D eigenvalue weighted by molar-refractivity contribution is 0.0696. The van der Waals surface area contributed by atoms with E-state index in [1.165, 1.54) is 16.9 Å². The molecule has 0 aliphatic carbocycles. The number of aromatic carboxylic acids is 1. The number of hydrogen-bond donors (Lipinski definition) is 1. The van der Waals surface area contributed by atoms with E-state index in [1.54, 1.807) is 6.07 Å². The van der Waals surface area contributed by atoms with Crippen LogP contribution in [0.1, 0.15) is 10.4 Å². The monoisotopic (exact) mass is 320 g/mol. The van der Waals surface area contributed by atoms with Crippen LogP contribution in [0.4, 0.5) is 0 Å². The zero-order valence-corrected chi connectivity index (χ0v) is 12.5. The molecule has 0 saturated heterocycles. The summed E-state index contributed by atoms with van der Waals surface area (Å²) < 4.78 is 5.42. The maximum atomic E-state index is 11.1. The summed E-state index contributed by atoms with van der Waals surface area (Å²) in [6.45, 7) is -0.00366. The highest BCUT2D eigenvalue weighted by molar-refractivity contribution is 5.88. The van der Waals surface area contributed by atoms with Crippen molar-refractivity contribution in [1.82, 2.24) is 20.2 Å². The lowest BCUT2D eigenvalue weighted by Gasteiger charge is -2.09. The fraction of sp³-hybridized carbons (Fsp3) is 0.0588. The molecule has 0 aliphatic rings. The summed E-state index contributed by atoms with van der Waals surface area (Å²) >= 11 is 0. The highest BCUT2D eigenvalue weighted by Crippen LogP contribution is 2.24. The van der Waals surface area contributed by atoms with Gasteiger partial charge >= 0.3 is 5.97 Å². The third kappa shape index (κ3) is 3.08. The van der Waals surface area contributed by atoms with Crippen LogP contribution in [0.5, 0.6) is 5.75 Å². The molecule has 0 aliphatic heterocycles. The molecule has 0 atom stereocenters. The quantitative estimate of drug-likeness (QED) is 0.724. The number of carbonyl (C=O) groups is 1. The molecular formula is C17H12N4O3. The Bertz CT molecular complexity index is 913. The number of benzene rings is 2. The molecule has 1 aromatic heterocycles. The second kappa shape index (κ2) is 6.62. The molecule has 0 bridgehead atoms. The number of ether oxygens (including phenoxy) is 1. The molecule has 7 nitrogen and oxygen atoms in total. The molecular weight excluding hydrogens is 308 g/mol. The molecule has 2 aromatic carbocycles. The van der Waals surface area contributed by atoms with Crippen molar-refractivity contribution in [2.24, 2.45) is 0 Å². The first kappa shape index (κ1) is 15.2. The van der Waals surface area contributed by atoms with Crippen LogP contribution in [-0.4, -0.2) is 37.9 Å². The van der Waals surface area contributed by atoms with Crippen LogP contribution >= 0.6 is 0 Å². The van der Waals surface area contributed by atoms with Crippen LogP contribution in [0.2, 0.25) is 0 Å². The molecule has 118 valence electrons. The Morgan fingerprint density at radius 2 is 2.04 bits per heavy atom. The first-order valence-electron chi connectivity index (χ1n) is 6.98. The summed E-state index contributed by atoms with van der Waals surface area (Å²) in [5, 5.41) is 21.4. The maximum absolute atomic E-state index is 11.1. The lowest BCUT2D eigenvalue weighted by atomic mass is 10.2. The molecule has 0 amide bonds. The van der Waals surface area contributed by atoms with Crippen LogP contribution in [0.25, 0.3) is 17.1 Å². The topological polar surface area (TPSA) is 90.1 Å². The minimum Gasteiger partial charge on any atom is -0.479 e. The van der Waals surface area contributed by atoms with Crippen LogP contribution in [0, 0.1) is 12.3 Å². The molecule has 7 heteroatoms. The zero-order valence-electron chi connectivity index (χ0n) is 12.5. The normalized spacial score (nSPS) is 10.1. The summed E-state index contributed by atoms with van der Waals surface area (Å²) in [7, 11) is 0. The summed E-state index contributed by atoms with van der Waals surface area (Å²) in [4.78, 5) is 12.4. The molecule has 1 heterocycles. The van der Waals surface area contributed by atoms with E-state index >= 15 is 0 Å². The van der Waals surface area contributed by atoms with Gasteiger partial charge in [0.1, 0.15) is 18.0 Å². The number of nitrogens with zero attached hydrogens (tertiary/aromatic N) is 4. The molecule has 24 heavy (non-hydrogen) atoms. The van der Waals surface area contributed by atoms with E-state index in [0.29, 0.717) is 11.5 Å². The first-order valence-corrected chi connectivity index (χ1v) is 6.98. The number of tetrazole rings is 1. The molecule has 0 unspecified atom stereocenters. The van der Waals surface area contributed by atoms with Gasteiger partial charge in [0.2, 0.25) is 5.82 Å². The average molecular weight is 320 g/mol. The maximum Gasteiger partial charge on any atom is 0.335 e. The molecule has 3 rings (SSSR count). The van der Waals surface area contributed by atoms with Gasteiger partial charge in [-0.15, -0.1) is 21.4 Å². The van der Waals surface area contributed by atoms with Crippen molar-refractivity contribution >= 4 is 5.97 Å². The van der Waals surface area contributed by atoms with Crippen LogP contribution < -0.4 is 4.74 Å². The van der Waals surface area contributed by atoms with E-state index in [0.717, 1.165) is 5.56 Å². The second-order valence-corrected chi connectivity index (χ2v) is 4.75. The van der Waals surface area contributed by atoms with E-state index < -0.39 is 5.97 Å². The summed E-state index contributed by atoms with van der Waals surface area (Å²) in [6, 6.07) is 13.7. The smallest absolute Gasteiger partial charge is 0.335 e. The number of aromatic nitrogens is 4. The average Bonchev–Trinajstić information content (AvgIpc) is 3.10. The van der Waals surface area contributed by atoms with E-state index in [2.05, 4.69) is 21.3 Å². The van der Waals surface area contributed by atoms with Gasteiger partial charge in [0.05, 0.1) is 5.56 Å². The van der Waals surface area contributed by atoms with Crippen LogP contribution in [0.15, 0.2) is 48.5 Å². The first-order chi connectivity index (χ1) is 11.7. The summed E-state index contributed by atoms with van der Waals surface area (Å²) in [5.74, 6) is 1.99. The Morgan fingerprint density at radius 3 is 2.75 bits per heavy atom. The van der Waals surface area contributed by atoms with Gasteiger partial charge in [-0.25, -0.2) is 4.79 Å². The third-order valence-corrected chi connectivity index (χ3v) is 3.18. The number of rotatable bonds is 5. The summed E-state index contributed by atoms with van der Waals surface area (Å²) in [6.07, 6.45) is 5.20. The Labute approximate surface area is 137 Å². The van der Waals surface area contributed by atoms with Crippen molar-refractivity contribution in [2.75, 3.05) is 6.61 Å². The lowest BCUT2D eigenvalue weighted by Crippen LogP contribution is -2.06. The number of hydrogen-bond acceptors (Lipinski definition) is 5. The van der Waals surface area contributed by atoms with E-state index in [-0.39, 0.29) is 17.9 Å². The van der Waals surface area contributed by atoms with Gasteiger partial charge in [0.15, 0.2) is 0 Å². The second-order valence-electron chi connectivity index (χ2n) is 4.75. The molecule has 0 saturated carbocycles. The predicted molar refractivity (Wildman–Crippen MR) is 85.9 cm³/mol. The third-order valence-electron chi connectivity index (χ3n) is 3.18. The van der Waals surface area contributed by atoms with Crippen molar-refractivity contribution in [2.45, 2.75) is 0 Å². The minimum atomic E-state index is -1.07. The standard InChI is InChI=1S/C17H12N4O3/c1-2-10-24-15-11-13(17(22)23)8-9-14(15)21-19-16(18-20-21)12-6-4-3-5-7-12/h1,3-9,11H,10H2,(H,22,23). The zero-order chi connectivity index (χ0) is 16.9. The highest BCUT2D eigenvalue weighted by Gasteiger charge is 2.14. The van der Waals surface area contributed by atoms with Gasteiger partial charge in [-0.1, -0.05) is 36.3 Å². The fourth-order valence-corrected chi connectivity index (χ4v) is 2.07. The Morgan fingerprint density at radius 1 is 1.25 bits per heavy atom. The van der Waals surface area contributed by atoms with Gasteiger partial charge < -0.3 is 9.84 Å². The minimum absolute atomic E-state index is 0.00366. The van der Waals surface area contributed by atoms with Crippen molar-refractivity contribution < 1.29 is 14.6 Å². The Hall–Kier alpha value is -3.66. The molecule has 3 aromatic rings. The van der Waals surface area contributed by atoms with Gasteiger partial charge in [0, 0.05) is 5.56 Å². The van der Waals surface area contributed by atoms with E-state index in [1.807, 2.05) is 30.3 Å². The predicted octanol–water partition coefficient (Wildman–Crippen LogP) is 2.04. The Kier molecular flexibility index (Phi) is 4.21. The van der Waals surface area contributed by atoms with Gasteiger partial charge in [-0.3, -0.25) is 0 Å². The fourth-order valence-electron chi connectivity index (χ4n) is 2.07. The number of carboxylic acids is 1. The molecule has 0 radical (unpaired) electrons. The molecule has 1 N–H and O–H groups in total. The van der Waals surface area contributed by atoms with Crippen molar-refractivity contribution in [3.05, 3.63) is 54.1 Å². The van der Waals surface area contributed by atoms with E-state index in [9.17, 15) is 4.79 Å². The molecule has 0 fully saturated rings. The van der Waals surface area contributed by atoms with Crippen molar-refractivity contribution in [3.63, 3.8) is 0 Å². The van der Waals surface area contributed by atoms with Crippen LogP contribution in [0.3, 0.4) is 0 Å². The van der Waals surface area contributed by atoms with Gasteiger partial charge in [-0.05, 0) is 23.4 Å². The van der Waals surface area contributed by atoms with Gasteiger partial charge in [0.25, 0.3) is 0 Å². The molecule has 0 spiro atoms. The number of carboxylic acid groups (broad SMARTS) is 1. The largest absolute Gasteiger partial charge is 0.479 e. The SMILES string of the molecule is C#CCOc1cc(C(=O)O)ccc1-n1nnc(-c2ccccc2)n1. The number of terminal acetylenes is 1. The van der Waals surface area contributed by atoms with Crippen molar-refractivity contribution in [3.8, 4) is 35.2 Å². The summed E-state index contributed by atoms with van der Waals surface area (Å²) in [5.41, 5.74) is 1.34. The van der Waals surface area contributed by atoms with Crippen LogP contribution in [-0.2, 0) is 0 Å². The highest BCUT2D eigenvalue weighted by atomic mass is 16.5. The van der Waals surface area contributed by atoms with E-state index in [4.69, 9.17) is 16.3 Å². The van der Waals surface area contributed by atoms with Crippen molar-refractivity contribution in [1.29, 1.82) is 0 Å².